The molecule has 1 rings (SSSR count). The molecule has 14 heavy (non-hydrogen) atoms. The largest absolute Gasteiger partial charge is 0.0813 e. The molecule has 0 spiro atoms. The second kappa shape index (κ2) is 12.5. The molecule has 0 heterocycles. The lowest BCUT2D eigenvalue weighted by Crippen LogP contribution is -1.74. The Hall–Kier alpha value is -0.520. The Kier molecular flexibility index (Phi) is 14.2. The van der Waals surface area contributed by atoms with E-state index in [1.54, 1.807) is 5.57 Å². The highest BCUT2D eigenvalue weighted by Crippen LogP contribution is 2.17. The average molecular weight is 196 g/mol. The zero-order chi connectivity index (χ0) is 11.4. The molecule has 0 unspecified atom stereocenters. The van der Waals surface area contributed by atoms with Gasteiger partial charge in [0.1, 0.15) is 0 Å². The van der Waals surface area contributed by atoms with E-state index in [4.69, 9.17) is 0 Å². The summed E-state index contributed by atoms with van der Waals surface area (Å²) in [7, 11) is 0. The van der Waals surface area contributed by atoms with E-state index in [1.807, 2.05) is 27.7 Å². The minimum Gasteiger partial charge on any atom is -0.0813 e. The van der Waals surface area contributed by atoms with Crippen LogP contribution >= 0.6 is 0 Å². The monoisotopic (exact) mass is 196 g/mol. The molecule has 84 valence electrons. The lowest BCUT2D eigenvalue weighted by atomic mass is 10.1. The zero-order valence-corrected chi connectivity index (χ0v) is 11.0. The van der Waals surface area contributed by atoms with Gasteiger partial charge in [-0.2, -0.15) is 0 Å². The maximum absolute atomic E-state index is 2.37. The maximum Gasteiger partial charge on any atom is -0.0311 e. The predicted octanol–water partition coefficient (Wildman–Crippen LogP) is 5.51. The van der Waals surface area contributed by atoms with Gasteiger partial charge >= 0.3 is 0 Å². The zero-order valence-electron chi connectivity index (χ0n) is 11.0. The van der Waals surface area contributed by atoms with Crippen molar-refractivity contribution in [2.24, 2.45) is 0 Å². The second-order valence-corrected chi connectivity index (χ2v) is 3.02. The van der Waals surface area contributed by atoms with Gasteiger partial charge in [-0.15, -0.1) is 0 Å². The summed E-state index contributed by atoms with van der Waals surface area (Å²) in [5.41, 5.74) is 3.07. The summed E-state index contributed by atoms with van der Waals surface area (Å²) in [6.07, 6.45) is 9.81. The molecule has 0 saturated heterocycles. The Morgan fingerprint density at radius 1 is 1.14 bits per heavy atom. The van der Waals surface area contributed by atoms with Crippen LogP contribution in [0.2, 0.25) is 0 Å². The van der Waals surface area contributed by atoms with E-state index in [1.165, 1.54) is 31.3 Å². The highest BCUT2D eigenvalue weighted by atomic mass is 14.0. The second-order valence-electron chi connectivity index (χ2n) is 3.02. The highest BCUT2D eigenvalue weighted by molar-refractivity contribution is 5.24. The van der Waals surface area contributed by atoms with Crippen molar-refractivity contribution in [3.8, 4) is 0 Å². The van der Waals surface area contributed by atoms with Crippen LogP contribution in [0, 0.1) is 0 Å². The van der Waals surface area contributed by atoms with E-state index in [-0.39, 0.29) is 0 Å². The van der Waals surface area contributed by atoms with Crippen LogP contribution in [0.15, 0.2) is 23.3 Å². The molecule has 0 nitrogen and oxygen atoms in total. The Labute approximate surface area is 91.1 Å². The van der Waals surface area contributed by atoms with Gasteiger partial charge in [-0.1, -0.05) is 57.9 Å². The molecule has 0 aromatic carbocycles. The van der Waals surface area contributed by atoms with Crippen LogP contribution < -0.4 is 0 Å². The molecule has 0 aromatic heterocycles. The molecule has 0 aliphatic heterocycles. The summed E-state index contributed by atoms with van der Waals surface area (Å²) < 4.78 is 0. The van der Waals surface area contributed by atoms with Gasteiger partial charge < -0.3 is 0 Å². The van der Waals surface area contributed by atoms with Crippen LogP contribution in [0.5, 0.6) is 0 Å². The molecule has 0 heteroatoms. The van der Waals surface area contributed by atoms with Gasteiger partial charge in [0.05, 0.1) is 0 Å². The first kappa shape index (κ1) is 15.9. The summed E-state index contributed by atoms with van der Waals surface area (Å²) in [6, 6.07) is 0. The molecule has 1 aliphatic carbocycles. The average Bonchev–Trinajstić information content (AvgIpc) is 2.48. The fourth-order valence-electron chi connectivity index (χ4n) is 1.36. The van der Waals surface area contributed by atoms with Gasteiger partial charge in [0.15, 0.2) is 0 Å². The van der Waals surface area contributed by atoms with Crippen molar-refractivity contribution in [2.45, 2.75) is 67.2 Å². The first-order valence-electron chi connectivity index (χ1n) is 6.19. The molecule has 0 atom stereocenters. The molecule has 1 aliphatic rings. The van der Waals surface area contributed by atoms with Gasteiger partial charge in [0, 0.05) is 0 Å². The van der Waals surface area contributed by atoms with E-state index in [9.17, 15) is 0 Å². The quantitative estimate of drug-likeness (QED) is 0.519. The fourth-order valence-corrected chi connectivity index (χ4v) is 1.36. The number of rotatable bonds is 1. The van der Waals surface area contributed by atoms with Crippen LogP contribution in [-0.2, 0) is 0 Å². The molecule has 0 aromatic rings. The Morgan fingerprint density at radius 3 is 2.21 bits per heavy atom. The summed E-state index contributed by atoms with van der Waals surface area (Å²) >= 11 is 0. The van der Waals surface area contributed by atoms with E-state index < -0.39 is 0 Å². The topological polar surface area (TPSA) is 0 Å². The third-order valence-electron chi connectivity index (χ3n) is 2.02. The van der Waals surface area contributed by atoms with Crippen molar-refractivity contribution in [1.82, 2.24) is 0 Å². The first-order chi connectivity index (χ1) is 6.83. The van der Waals surface area contributed by atoms with Crippen LogP contribution in [0.25, 0.3) is 0 Å². The molecule has 0 radical (unpaired) electrons. The van der Waals surface area contributed by atoms with Crippen molar-refractivity contribution in [3.63, 3.8) is 0 Å². The van der Waals surface area contributed by atoms with Crippen molar-refractivity contribution in [3.05, 3.63) is 23.3 Å². The number of hydrogen-bond donors (Lipinski definition) is 0. The van der Waals surface area contributed by atoms with Gasteiger partial charge in [0.25, 0.3) is 0 Å². The van der Waals surface area contributed by atoms with Crippen LogP contribution in [0.1, 0.15) is 67.2 Å². The molecule has 0 N–H and O–H groups in total. The summed E-state index contributed by atoms with van der Waals surface area (Å²) in [5.74, 6) is 0. The van der Waals surface area contributed by atoms with Gasteiger partial charge in [-0.25, -0.2) is 0 Å². The molecular weight excluding hydrogens is 168 g/mol. The molecular formula is C14H28. The van der Waals surface area contributed by atoms with Crippen molar-refractivity contribution in [2.75, 3.05) is 0 Å². The number of allylic oxidation sites excluding steroid dienone is 4. The SMILES string of the molecule is CC.CC.CCC1=CCCCC(C)=C1. The van der Waals surface area contributed by atoms with Crippen LogP contribution in [-0.4, -0.2) is 0 Å². The van der Waals surface area contributed by atoms with Gasteiger partial charge in [-0.05, 0) is 32.6 Å². The maximum atomic E-state index is 2.37. The number of hydrogen-bond acceptors (Lipinski definition) is 0. The van der Waals surface area contributed by atoms with Crippen LogP contribution in [0.3, 0.4) is 0 Å². The standard InChI is InChI=1S/C10H16.2C2H6/c1-3-10-7-5-4-6-9(2)8-10;2*1-2/h7-8H,3-6H2,1-2H3;2*1-2H3. The molecule has 0 bridgehead atoms. The van der Waals surface area contributed by atoms with Gasteiger partial charge in [-0.3, -0.25) is 0 Å². The lowest BCUT2D eigenvalue weighted by molar-refractivity contribution is 0.840. The van der Waals surface area contributed by atoms with Crippen molar-refractivity contribution >= 4 is 0 Å². The normalized spacial score (nSPS) is 14.7. The Bertz CT molecular complexity index is 161. The lowest BCUT2D eigenvalue weighted by Gasteiger charge is -1.95. The first-order valence-corrected chi connectivity index (χ1v) is 6.19. The molecule has 0 fully saturated rings. The molecule has 0 amide bonds. The van der Waals surface area contributed by atoms with Gasteiger partial charge in [0.2, 0.25) is 0 Å². The third-order valence-corrected chi connectivity index (χ3v) is 2.02. The minimum atomic E-state index is 1.19. The van der Waals surface area contributed by atoms with E-state index >= 15 is 0 Å². The predicted molar refractivity (Wildman–Crippen MR) is 68.7 cm³/mol. The van der Waals surface area contributed by atoms with Crippen molar-refractivity contribution in [1.29, 1.82) is 0 Å². The third kappa shape index (κ3) is 8.10. The van der Waals surface area contributed by atoms with Crippen molar-refractivity contribution < 1.29 is 0 Å². The summed E-state index contributed by atoms with van der Waals surface area (Å²) in [4.78, 5) is 0. The van der Waals surface area contributed by atoms with E-state index in [0.717, 1.165) is 0 Å². The molecule has 0 saturated carbocycles. The highest BCUT2D eigenvalue weighted by Gasteiger charge is 1.97. The van der Waals surface area contributed by atoms with Crippen LogP contribution in [0.4, 0.5) is 0 Å². The summed E-state index contributed by atoms with van der Waals surface area (Å²) in [6.45, 7) is 12.5. The Morgan fingerprint density at radius 2 is 1.71 bits per heavy atom. The fraction of sp³-hybridized carbons (Fsp3) is 0.714. The van der Waals surface area contributed by atoms with E-state index in [2.05, 4.69) is 26.0 Å². The smallest absolute Gasteiger partial charge is 0.0311 e. The Balaban J connectivity index is 0. The minimum absolute atomic E-state index is 1.19. The van der Waals surface area contributed by atoms with E-state index in [0.29, 0.717) is 0 Å². The summed E-state index contributed by atoms with van der Waals surface area (Å²) in [5, 5.41) is 0.